The fourth-order valence-electron chi connectivity index (χ4n) is 1.55. The zero-order valence-corrected chi connectivity index (χ0v) is 15.3. The average Bonchev–Trinajstić information content (AvgIpc) is 2.30. The van der Waals surface area contributed by atoms with E-state index >= 15 is 0 Å². The number of nitrogens with zero attached hydrogens (tertiary/aromatic N) is 2. The third kappa shape index (κ3) is 5.15. The van der Waals surface area contributed by atoms with E-state index in [-0.39, 0.29) is 0 Å². The number of aromatic nitrogens is 1. The van der Waals surface area contributed by atoms with Gasteiger partial charge in [0.15, 0.2) is 0 Å². The number of pyridine rings is 1. The van der Waals surface area contributed by atoms with Crippen LogP contribution in [0.2, 0.25) is 0 Å². The summed E-state index contributed by atoms with van der Waals surface area (Å²) in [4.78, 5) is 6.69. The lowest BCUT2D eigenvalue weighted by Gasteiger charge is -2.28. The monoisotopic (exact) mass is 442 g/mol. The van der Waals surface area contributed by atoms with Crippen molar-refractivity contribution in [3.8, 4) is 0 Å². The van der Waals surface area contributed by atoms with E-state index in [4.69, 9.17) is 4.74 Å². The standard InChI is InChI=1S/C12H17Br3N2O/c1-9(2)17(4-6-18-5-3-13)12-11(15)7-10(14)8-16-12/h7-9H,3-6H2,1-2H3. The molecule has 1 heterocycles. The summed E-state index contributed by atoms with van der Waals surface area (Å²) < 4.78 is 7.47. The van der Waals surface area contributed by atoms with E-state index in [1.54, 1.807) is 0 Å². The van der Waals surface area contributed by atoms with Gasteiger partial charge in [0.25, 0.3) is 0 Å². The lowest BCUT2D eigenvalue weighted by molar-refractivity contribution is 0.156. The van der Waals surface area contributed by atoms with Crippen molar-refractivity contribution in [1.82, 2.24) is 4.98 Å². The molecule has 1 rings (SSSR count). The number of anilines is 1. The lowest BCUT2D eigenvalue weighted by Crippen LogP contribution is -2.35. The second-order valence-corrected chi connectivity index (χ2v) is 6.61. The minimum absolute atomic E-state index is 0.377. The summed E-state index contributed by atoms with van der Waals surface area (Å²) in [5, 5.41) is 0.870. The Hall–Kier alpha value is 0.350. The Labute approximate surface area is 134 Å². The third-order valence-electron chi connectivity index (χ3n) is 2.38. The van der Waals surface area contributed by atoms with Gasteiger partial charge in [-0.1, -0.05) is 15.9 Å². The molecule has 0 amide bonds. The second-order valence-electron chi connectivity index (χ2n) is 4.05. The molecule has 102 valence electrons. The molecule has 0 fully saturated rings. The van der Waals surface area contributed by atoms with E-state index in [1.807, 2.05) is 12.3 Å². The molecule has 0 spiro atoms. The molecule has 18 heavy (non-hydrogen) atoms. The number of alkyl halides is 1. The Morgan fingerprint density at radius 3 is 2.61 bits per heavy atom. The SMILES string of the molecule is CC(C)N(CCOCCBr)c1ncc(Br)cc1Br. The van der Waals surface area contributed by atoms with E-state index in [2.05, 4.69) is 71.5 Å². The number of hydrogen-bond acceptors (Lipinski definition) is 3. The van der Waals surface area contributed by atoms with Gasteiger partial charge in [-0.25, -0.2) is 4.98 Å². The van der Waals surface area contributed by atoms with E-state index < -0.39 is 0 Å². The van der Waals surface area contributed by atoms with Crippen LogP contribution in [0.15, 0.2) is 21.2 Å². The maximum absolute atomic E-state index is 5.51. The van der Waals surface area contributed by atoms with Crippen LogP contribution in [0.25, 0.3) is 0 Å². The van der Waals surface area contributed by atoms with Crippen LogP contribution in [0.3, 0.4) is 0 Å². The Morgan fingerprint density at radius 2 is 2.06 bits per heavy atom. The fourth-order valence-corrected chi connectivity index (χ4v) is 2.99. The van der Waals surface area contributed by atoms with Crippen molar-refractivity contribution < 1.29 is 4.74 Å². The first-order valence-electron chi connectivity index (χ1n) is 5.77. The van der Waals surface area contributed by atoms with Gasteiger partial charge in [-0.05, 0) is 51.8 Å². The second kappa shape index (κ2) is 8.51. The molecule has 0 saturated heterocycles. The highest BCUT2D eigenvalue weighted by atomic mass is 79.9. The molecule has 0 unspecified atom stereocenters. The summed E-state index contributed by atoms with van der Waals surface area (Å²) in [6.07, 6.45) is 1.81. The lowest BCUT2D eigenvalue weighted by atomic mass is 10.3. The van der Waals surface area contributed by atoms with Gasteiger partial charge in [0.05, 0.1) is 17.7 Å². The first kappa shape index (κ1) is 16.4. The van der Waals surface area contributed by atoms with Crippen LogP contribution in [-0.4, -0.2) is 36.1 Å². The summed E-state index contributed by atoms with van der Waals surface area (Å²) in [6, 6.07) is 2.39. The van der Waals surface area contributed by atoms with Crippen molar-refractivity contribution in [1.29, 1.82) is 0 Å². The molecular weight excluding hydrogens is 428 g/mol. The maximum atomic E-state index is 5.51. The number of halogens is 3. The molecule has 3 nitrogen and oxygen atoms in total. The zero-order valence-electron chi connectivity index (χ0n) is 10.5. The maximum Gasteiger partial charge on any atom is 0.143 e. The van der Waals surface area contributed by atoms with Gasteiger partial charge in [-0.15, -0.1) is 0 Å². The van der Waals surface area contributed by atoms with Crippen LogP contribution in [0.1, 0.15) is 13.8 Å². The van der Waals surface area contributed by atoms with Crippen LogP contribution in [-0.2, 0) is 4.74 Å². The summed E-state index contributed by atoms with van der Waals surface area (Å²) in [5.41, 5.74) is 0. The topological polar surface area (TPSA) is 25.4 Å². The van der Waals surface area contributed by atoms with Gasteiger partial charge in [0, 0.05) is 28.6 Å². The van der Waals surface area contributed by atoms with Gasteiger partial charge in [0.2, 0.25) is 0 Å². The Morgan fingerprint density at radius 1 is 1.33 bits per heavy atom. The van der Waals surface area contributed by atoms with Crippen LogP contribution in [0.4, 0.5) is 5.82 Å². The van der Waals surface area contributed by atoms with Gasteiger partial charge in [-0.3, -0.25) is 0 Å². The quantitative estimate of drug-likeness (QED) is 0.464. The highest BCUT2D eigenvalue weighted by Crippen LogP contribution is 2.27. The fraction of sp³-hybridized carbons (Fsp3) is 0.583. The Kier molecular flexibility index (Phi) is 7.75. The van der Waals surface area contributed by atoms with Crippen LogP contribution < -0.4 is 4.90 Å². The summed E-state index contributed by atoms with van der Waals surface area (Å²) in [7, 11) is 0. The van der Waals surface area contributed by atoms with E-state index in [0.717, 1.165) is 33.2 Å². The summed E-state index contributed by atoms with van der Waals surface area (Å²) in [5.74, 6) is 0.954. The van der Waals surface area contributed by atoms with Crippen molar-refractivity contribution in [2.75, 3.05) is 30.0 Å². The molecule has 1 aromatic rings. The molecular formula is C12H17Br3N2O. The molecule has 0 aliphatic heterocycles. The highest BCUT2D eigenvalue weighted by molar-refractivity contribution is 9.11. The Bertz CT molecular complexity index is 374. The predicted molar refractivity (Wildman–Crippen MR) is 86.7 cm³/mol. The average molecular weight is 445 g/mol. The molecule has 1 aromatic heterocycles. The van der Waals surface area contributed by atoms with Gasteiger partial charge >= 0.3 is 0 Å². The first-order chi connectivity index (χ1) is 8.56. The van der Waals surface area contributed by atoms with Crippen molar-refractivity contribution in [2.45, 2.75) is 19.9 Å². The number of rotatable bonds is 7. The summed E-state index contributed by atoms with van der Waals surface area (Å²) in [6.45, 7) is 6.58. The minimum Gasteiger partial charge on any atom is -0.379 e. The normalized spacial score (nSPS) is 11.0. The van der Waals surface area contributed by atoms with Crippen LogP contribution in [0.5, 0.6) is 0 Å². The van der Waals surface area contributed by atoms with Crippen molar-refractivity contribution >= 4 is 53.6 Å². The molecule has 0 atom stereocenters. The molecule has 0 aliphatic rings. The number of ether oxygens (including phenoxy) is 1. The van der Waals surface area contributed by atoms with Crippen molar-refractivity contribution in [3.05, 3.63) is 21.2 Å². The smallest absolute Gasteiger partial charge is 0.143 e. The molecule has 0 aliphatic carbocycles. The van der Waals surface area contributed by atoms with E-state index in [9.17, 15) is 0 Å². The third-order valence-corrected chi connectivity index (χ3v) is 3.72. The summed E-state index contributed by atoms with van der Waals surface area (Å²) >= 11 is 10.3. The first-order valence-corrected chi connectivity index (χ1v) is 8.48. The van der Waals surface area contributed by atoms with Crippen LogP contribution >= 0.6 is 47.8 Å². The van der Waals surface area contributed by atoms with Crippen molar-refractivity contribution in [2.24, 2.45) is 0 Å². The zero-order chi connectivity index (χ0) is 13.5. The Balaban J connectivity index is 2.71. The van der Waals surface area contributed by atoms with E-state index in [0.29, 0.717) is 12.6 Å². The number of hydrogen-bond donors (Lipinski definition) is 0. The van der Waals surface area contributed by atoms with Gasteiger partial charge in [-0.2, -0.15) is 0 Å². The minimum atomic E-state index is 0.377. The molecule has 0 aromatic carbocycles. The molecule has 0 bridgehead atoms. The van der Waals surface area contributed by atoms with E-state index in [1.165, 1.54) is 0 Å². The molecule has 0 radical (unpaired) electrons. The van der Waals surface area contributed by atoms with Crippen LogP contribution in [0, 0.1) is 0 Å². The van der Waals surface area contributed by atoms with Crippen molar-refractivity contribution in [3.63, 3.8) is 0 Å². The largest absolute Gasteiger partial charge is 0.379 e. The highest BCUT2D eigenvalue weighted by Gasteiger charge is 2.15. The molecule has 6 heteroatoms. The predicted octanol–water partition coefficient (Wildman–Crippen LogP) is 4.23. The van der Waals surface area contributed by atoms with Gasteiger partial charge in [0.1, 0.15) is 5.82 Å². The molecule has 0 saturated carbocycles. The van der Waals surface area contributed by atoms with Gasteiger partial charge < -0.3 is 9.64 Å². The molecule has 0 N–H and O–H groups in total.